The van der Waals surface area contributed by atoms with Gasteiger partial charge in [0.15, 0.2) is 5.17 Å². The minimum atomic E-state index is -5.08. The lowest BCUT2D eigenvalue weighted by Gasteiger charge is -2.47. The highest BCUT2D eigenvalue weighted by Gasteiger charge is 2.39. The Hall–Kier alpha value is -4.01. The van der Waals surface area contributed by atoms with Gasteiger partial charge in [-0.1, -0.05) is 59.2 Å². The second kappa shape index (κ2) is 28.5. The number of nitrogen functional groups attached to an aromatic ring is 1. The van der Waals surface area contributed by atoms with Gasteiger partial charge in [0.2, 0.25) is 18.1 Å². The Balaban J connectivity index is 0.000000266. The number of aromatic nitrogens is 3. The monoisotopic (exact) mass is 1030 g/mol. The largest absolute Gasteiger partial charge is 0.490 e. The number of nitriles is 1. The van der Waals surface area contributed by atoms with E-state index < -0.39 is 24.5 Å². The van der Waals surface area contributed by atoms with E-state index in [0.29, 0.717) is 76.0 Å². The SMILES string of the molecule is CC(F)[C@H]1CN(C2CCN(c3n[nH]c(N)n3)CC2)[C@@H](Cc2ccc(Cl)cc2)CO1.CC(F)[C@H]1CN[C@@H](Cc2ccc(Cl)cc2)CO1.CSC(=NC#N)N1CCC(=O)CC1.Cl.O=C(O)C(F)(F)F. The standard InChI is InChI=1S/C20H28ClFN6O.C13H17ClFNO.C8H11N3OS.C2HF3O2.ClH/c1-13(22)18-11-28(17(12-29-18)10-14-2-4-15(21)5-3-14)16-6-8-27(9-7-16)20-24-19(23)25-26-20;1-9(15)13-7-16-12(8-17-13)6-10-2-4-11(14)5-3-10;1-13-8(10-6-9)11-4-2-7(12)3-5-11;3-2(4,5)1(6)7;/h2-5,13,16-18H,6-12H2,1H3,(H3,23,24,25,26);2-5,9,12-13,16H,6-8H2,1H3;2-5H2,1H3;(H,6,7);1H/t13?,17-,18+;9?,12-,13+;;;/m00.../s1. The van der Waals surface area contributed by atoms with E-state index in [2.05, 4.69) is 47.4 Å². The third-order valence-corrected chi connectivity index (χ3v) is 12.4. The van der Waals surface area contributed by atoms with Crippen LogP contribution < -0.4 is 16.0 Å². The van der Waals surface area contributed by atoms with Gasteiger partial charge in [0.05, 0.1) is 13.2 Å². The Bertz CT molecular complexity index is 2010. The average Bonchev–Trinajstić information content (AvgIpc) is 3.74. The minimum Gasteiger partial charge on any atom is -0.475 e. The molecule has 0 radical (unpaired) electrons. The number of aromatic amines is 1. The number of morpholine rings is 2. The van der Waals surface area contributed by atoms with Gasteiger partial charge in [0, 0.05) is 80.3 Å². The number of aliphatic carboxylic acids is 1. The van der Waals surface area contributed by atoms with Crippen molar-refractivity contribution in [1.82, 2.24) is 30.3 Å². The zero-order valence-electron chi connectivity index (χ0n) is 37.3. The zero-order chi connectivity index (χ0) is 48.4. The number of nitrogens with one attached hydrogen (secondary N) is 2. The molecule has 372 valence electrons. The fraction of sp³-hybridized carbons (Fsp3) is 0.581. The maximum atomic E-state index is 14.0. The second-order valence-electron chi connectivity index (χ2n) is 16.0. The highest BCUT2D eigenvalue weighted by molar-refractivity contribution is 8.13. The molecule has 0 saturated carbocycles. The van der Waals surface area contributed by atoms with Crippen LogP contribution in [0.2, 0.25) is 10.0 Å². The molecule has 67 heavy (non-hydrogen) atoms. The van der Waals surface area contributed by atoms with Crippen molar-refractivity contribution in [2.75, 3.05) is 69.4 Å². The molecule has 2 aromatic carbocycles. The van der Waals surface area contributed by atoms with Crippen molar-refractivity contribution in [3.8, 4) is 6.19 Å². The molecule has 5 N–H and O–H groups in total. The smallest absolute Gasteiger partial charge is 0.475 e. The number of piperidine rings is 2. The number of carboxylic acid groups (broad SMARTS) is 1. The van der Waals surface area contributed by atoms with E-state index in [1.807, 2.05) is 47.6 Å². The van der Waals surface area contributed by atoms with E-state index in [4.69, 9.17) is 53.6 Å². The van der Waals surface area contributed by atoms with Gasteiger partial charge in [-0.3, -0.25) is 9.69 Å². The number of carbonyl (C=O) groups excluding carboxylic acids is 1. The number of hydrogen-bond acceptors (Lipinski definition) is 13. The van der Waals surface area contributed by atoms with Gasteiger partial charge in [-0.15, -0.1) is 22.5 Å². The van der Waals surface area contributed by atoms with Crippen LogP contribution >= 0.6 is 47.4 Å². The molecule has 4 aliphatic heterocycles. The molecular weight excluding hydrogens is 970 g/mol. The number of rotatable bonds is 8. The van der Waals surface area contributed by atoms with Crippen molar-refractivity contribution in [1.29, 1.82) is 5.26 Å². The van der Waals surface area contributed by atoms with Gasteiger partial charge in [-0.2, -0.15) is 23.4 Å². The molecule has 5 heterocycles. The van der Waals surface area contributed by atoms with Crippen molar-refractivity contribution in [2.45, 2.75) is 101 Å². The number of H-pyrrole nitrogens is 1. The molecule has 24 heteroatoms. The number of nitrogens with two attached hydrogens (primary N) is 1. The molecular formula is C43H58Cl3F5N10O5S. The van der Waals surface area contributed by atoms with E-state index in [-0.39, 0.29) is 36.7 Å². The van der Waals surface area contributed by atoms with Gasteiger partial charge in [-0.05, 0) is 81.2 Å². The number of likely N-dealkylation sites (tertiary alicyclic amines) is 1. The fourth-order valence-electron chi connectivity index (χ4n) is 7.54. The van der Waals surface area contributed by atoms with Crippen molar-refractivity contribution in [3.63, 3.8) is 0 Å². The second-order valence-corrected chi connectivity index (χ2v) is 17.6. The van der Waals surface area contributed by atoms with E-state index in [0.717, 1.165) is 54.0 Å². The van der Waals surface area contributed by atoms with Crippen molar-refractivity contribution >= 4 is 76.2 Å². The first-order valence-corrected chi connectivity index (χ1v) is 23.3. The van der Waals surface area contributed by atoms with Gasteiger partial charge in [0.1, 0.15) is 30.3 Å². The van der Waals surface area contributed by atoms with Crippen LogP contribution in [0.25, 0.3) is 0 Å². The summed E-state index contributed by atoms with van der Waals surface area (Å²) in [6.45, 7) is 8.50. The lowest BCUT2D eigenvalue weighted by Crippen LogP contribution is -2.58. The summed E-state index contributed by atoms with van der Waals surface area (Å²) in [6, 6.07) is 16.6. The van der Waals surface area contributed by atoms with E-state index in [1.165, 1.54) is 29.8 Å². The molecule has 3 aromatic rings. The number of Topliss-reactive ketones (excluding diaryl/α,β-unsaturated/α-hetero) is 1. The van der Waals surface area contributed by atoms with E-state index >= 15 is 0 Å². The van der Waals surface area contributed by atoms with Crippen LogP contribution in [0.4, 0.5) is 33.8 Å². The summed E-state index contributed by atoms with van der Waals surface area (Å²) in [5.41, 5.74) is 8.08. The van der Waals surface area contributed by atoms with E-state index in [1.54, 1.807) is 13.1 Å². The Kier molecular flexibility index (Phi) is 24.4. The van der Waals surface area contributed by atoms with Crippen LogP contribution in [0.15, 0.2) is 53.5 Å². The first-order valence-electron chi connectivity index (χ1n) is 21.4. The lowest BCUT2D eigenvalue weighted by molar-refractivity contribution is -0.192. The molecule has 4 saturated heterocycles. The molecule has 1 aromatic heterocycles. The molecule has 4 aliphatic rings. The first-order chi connectivity index (χ1) is 31.4. The average molecular weight is 1030 g/mol. The number of alkyl halides is 5. The summed E-state index contributed by atoms with van der Waals surface area (Å²) in [4.78, 5) is 34.3. The number of aliphatic imine (C=N–C) groups is 1. The molecule has 2 unspecified atom stereocenters. The number of hydrogen-bond donors (Lipinski definition) is 4. The normalized spacial score (nSPS) is 22.5. The number of thioether (sulfide) groups is 1. The Morgan fingerprint density at radius 2 is 1.51 bits per heavy atom. The van der Waals surface area contributed by atoms with Crippen LogP contribution in [0, 0.1) is 11.5 Å². The maximum Gasteiger partial charge on any atom is 0.490 e. The quantitative estimate of drug-likeness (QED) is 0.0766. The summed E-state index contributed by atoms with van der Waals surface area (Å²) in [5, 5.41) is 27.9. The molecule has 0 spiro atoms. The topological polar surface area (TPSA) is 198 Å². The van der Waals surface area contributed by atoms with Crippen molar-refractivity contribution < 1.29 is 46.1 Å². The Morgan fingerprint density at radius 1 is 0.970 bits per heavy atom. The summed E-state index contributed by atoms with van der Waals surface area (Å²) in [6.07, 6.45) is 0.819. The predicted molar refractivity (Wildman–Crippen MR) is 253 cm³/mol. The van der Waals surface area contributed by atoms with Crippen molar-refractivity contribution in [2.24, 2.45) is 4.99 Å². The molecule has 0 aliphatic carbocycles. The molecule has 15 nitrogen and oxygen atoms in total. The molecule has 0 amide bonds. The number of ether oxygens (including phenoxy) is 2. The predicted octanol–water partition coefficient (Wildman–Crippen LogP) is 7.18. The molecule has 0 bridgehead atoms. The third kappa shape index (κ3) is 19.5. The number of carboxylic acids is 1. The maximum absolute atomic E-state index is 14.0. The minimum absolute atomic E-state index is 0. The Morgan fingerprint density at radius 3 is 1.96 bits per heavy atom. The molecule has 7 rings (SSSR count). The lowest BCUT2D eigenvalue weighted by atomic mass is 9.96. The highest BCUT2D eigenvalue weighted by Crippen LogP contribution is 2.28. The summed E-state index contributed by atoms with van der Waals surface area (Å²) < 4.78 is 70.1. The number of nitrogens with zero attached hydrogens (tertiary/aromatic N) is 7. The van der Waals surface area contributed by atoms with Gasteiger partial charge >= 0.3 is 12.1 Å². The van der Waals surface area contributed by atoms with Crippen LogP contribution in [0.3, 0.4) is 0 Å². The van der Waals surface area contributed by atoms with Crippen LogP contribution in [0.5, 0.6) is 0 Å². The summed E-state index contributed by atoms with van der Waals surface area (Å²) >= 11 is 13.3. The van der Waals surface area contributed by atoms with Crippen molar-refractivity contribution in [3.05, 3.63) is 69.7 Å². The van der Waals surface area contributed by atoms with E-state index in [9.17, 15) is 26.7 Å². The van der Waals surface area contributed by atoms with Gasteiger partial charge in [-0.25, -0.2) is 18.7 Å². The fourth-order valence-corrected chi connectivity index (χ4v) is 8.37. The summed E-state index contributed by atoms with van der Waals surface area (Å²) in [5.74, 6) is -1.48. The van der Waals surface area contributed by atoms with Crippen LogP contribution in [-0.2, 0) is 31.9 Å². The number of anilines is 2. The Labute approximate surface area is 407 Å². The van der Waals surface area contributed by atoms with Crippen LogP contribution in [-0.4, -0.2) is 155 Å². The summed E-state index contributed by atoms with van der Waals surface area (Å²) in [7, 11) is 0. The zero-order valence-corrected chi connectivity index (χ0v) is 40.5. The highest BCUT2D eigenvalue weighted by atomic mass is 35.5. The first kappa shape index (κ1) is 57.3. The molecule has 6 atom stereocenters. The van der Waals surface area contributed by atoms with Gasteiger partial charge in [0.25, 0.3) is 0 Å². The van der Waals surface area contributed by atoms with Gasteiger partial charge < -0.3 is 35.4 Å². The number of benzene rings is 2. The molecule has 4 fully saturated rings. The van der Waals surface area contributed by atoms with Crippen LogP contribution in [0.1, 0.15) is 50.7 Å². The number of ketones is 1. The number of carbonyl (C=O) groups is 2. The third-order valence-electron chi connectivity index (χ3n) is 11.2. The number of amidine groups is 1. The number of halogens is 8.